The van der Waals surface area contributed by atoms with Crippen LogP contribution >= 0.6 is 0 Å². The van der Waals surface area contributed by atoms with E-state index in [9.17, 15) is 15.2 Å². The molecule has 0 bridgehead atoms. The molecule has 150 valence electrons. The van der Waals surface area contributed by atoms with Gasteiger partial charge in [-0.1, -0.05) is 0 Å². The summed E-state index contributed by atoms with van der Waals surface area (Å²) >= 11 is 0. The highest BCUT2D eigenvalue weighted by Crippen LogP contribution is 2.29. The predicted molar refractivity (Wildman–Crippen MR) is 109 cm³/mol. The van der Waals surface area contributed by atoms with E-state index >= 15 is 0 Å². The predicted octanol–water partition coefficient (Wildman–Crippen LogP) is 2.39. The average molecular weight is 387 g/mol. The quantitative estimate of drug-likeness (QED) is 0.526. The first-order chi connectivity index (χ1) is 13.6. The number of nitrogens with zero attached hydrogens (tertiary/aromatic N) is 4. The Labute approximate surface area is 163 Å². The van der Waals surface area contributed by atoms with E-state index in [4.69, 9.17) is 4.74 Å². The van der Waals surface area contributed by atoms with Crippen molar-refractivity contribution in [3.63, 3.8) is 0 Å². The highest BCUT2D eigenvalue weighted by molar-refractivity contribution is 5.69. The molecule has 1 aliphatic heterocycles. The fraction of sp³-hybridized carbons (Fsp3) is 0.421. The normalized spacial score (nSPS) is 14.0. The van der Waals surface area contributed by atoms with Gasteiger partial charge in [-0.25, -0.2) is 4.98 Å². The lowest BCUT2D eigenvalue weighted by atomic mass is 10.2. The SMILES string of the molecule is CCN(CCO)c1ccc([N+](=O)[O-])c(Nc2ccc(N3CCOCC3)cc2)n1. The van der Waals surface area contributed by atoms with E-state index in [1.807, 2.05) is 36.1 Å². The van der Waals surface area contributed by atoms with E-state index in [-0.39, 0.29) is 18.1 Å². The van der Waals surface area contributed by atoms with Crippen LogP contribution < -0.4 is 15.1 Å². The number of hydrogen-bond donors (Lipinski definition) is 2. The molecule has 1 aliphatic rings. The lowest BCUT2D eigenvalue weighted by Crippen LogP contribution is -2.36. The molecule has 3 rings (SSSR count). The number of aliphatic hydroxyl groups is 1. The maximum Gasteiger partial charge on any atom is 0.311 e. The third-order valence-corrected chi connectivity index (χ3v) is 4.64. The minimum absolute atomic E-state index is 0.0156. The molecule has 1 aromatic carbocycles. The van der Waals surface area contributed by atoms with Crippen molar-refractivity contribution in [1.82, 2.24) is 4.98 Å². The van der Waals surface area contributed by atoms with Crippen LogP contribution in [0.1, 0.15) is 6.92 Å². The molecule has 9 nitrogen and oxygen atoms in total. The monoisotopic (exact) mass is 387 g/mol. The summed E-state index contributed by atoms with van der Waals surface area (Å²) < 4.78 is 5.37. The number of aromatic nitrogens is 1. The van der Waals surface area contributed by atoms with E-state index in [1.54, 1.807) is 6.07 Å². The molecule has 2 heterocycles. The molecular weight excluding hydrogens is 362 g/mol. The Morgan fingerprint density at radius 2 is 1.96 bits per heavy atom. The zero-order valence-electron chi connectivity index (χ0n) is 15.9. The van der Waals surface area contributed by atoms with Gasteiger partial charge in [-0.2, -0.15) is 0 Å². The van der Waals surface area contributed by atoms with E-state index in [0.717, 1.165) is 24.5 Å². The van der Waals surface area contributed by atoms with Gasteiger partial charge in [0.2, 0.25) is 5.82 Å². The van der Waals surface area contributed by atoms with Crippen molar-refractivity contribution >= 4 is 28.7 Å². The third-order valence-electron chi connectivity index (χ3n) is 4.64. The van der Waals surface area contributed by atoms with E-state index in [2.05, 4.69) is 15.2 Å². The number of pyridine rings is 1. The van der Waals surface area contributed by atoms with Gasteiger partial charge < -0.3 is 25.0 Å². The van der Waals surface area contributed by atoms with Crippen LogP contribution in [0.15, 0.2) is 36.4 Å². The minimum atomic E-state index is -0.455. The number of ether oxygens (including phenoxy) is 1. The molecule has 0 unspecified atom stereocenters. The topological polar surface area (TPSA) is 104 Å². The van der Waals surface area contributed by atoms with Crippen LogP contribution in [0.25, 0.3) is 0 Å². The van der Waals surface area contributed by atoms with Gasteiger partial charge in [0, 0.05) is 43.6 Å². The van der Waals surface area contributed by atoms with Gasteiger partial charge in [-0.05, 0) is 37.3 Å². The van der Waals surface area contributed by atoms with Crippen LogP contribution in [0, 0.1) is 10.1 Å². The molecule has 28 heavy (non-hydrogen) atoms. The van der Waals surface area contributed by atoms with Crippen LogP contribution in [0.2, 0.25) is 0 Å². The number of anilines is 4. The first kappa shape index (κ1) is 19.8. The molecule has 0 radical (unpaired) electrons. The molecule has 0 aliphatic carbocycles. The Morgan fingerprint density at radius 1 is 1.25 bits per heavy atom. The van der Waals surface area contributed by atoms with Gasteiger partial charge in [-0.15, -0.1) is 0 Å². The summed E-state index contributed by atoms with van der Waals surface area (Å²) in [5, 5.41) is 23.7. The number of likely N-dealkylation sites (N-methyl/N-ethyl adjacent to an activating group) is 1. The highest BCUT2D eigenvalue weighted by Gasteiger charge is 2.18. The summed E-state index contributed by atoms with van der Waals surface area (Å²) in [5.74, 6) is 0.757. The number of rotatable bonds is 8. The van der Waals surface area contributed by atoms with E-state index < -0.39 is 4.92 Å². The Balaban J connectivity index is 1.82. The van der Waals surface area contributed by atoms with E-state index in [0.29, 0.717) is 32.1 Å². The number of benzene rings is 1. The van der Waals surface area contributed by atoms with E-state index in [1.165, 1.54) is 6.07 Å². The summed E-state index contributed by atoms with van der Waals surface area (Å²) in [6.45, 7) is 6.09. The minimum Gasteiger partial charge on any atom is -0.395 e. The standard InChI is InChI=1S/C19H25N5O4/c1-2-22(9-12-25)18-8-7-17(24(26)27)19(21-18)20-15-3-5-16(6-4-15)23-10-13-28-14-11-23/h3-8,25H,2,9-14H2,1H3,(H,20,21). The lowest BCUT2D eigenvalue weighted by molar-refractivity contribution is -0.384. The largest absolute Gasteiger partial charge is 0.395 e. The average Bonchev–Trinajstić information content (AvgIpc) is 2.73. The van der Waals surface area contributed by atoms with Crippen molar-refractivity contribution in [2.45, 2.75) is 6.92 Å². The fourth-order valence-corrected chi connectivity index (χ4v) is 3.13. The molecule has 1 aromatic heterocycles. The maximum absolute atomic E-state index is 11.4. The lowest BCUT2D eigenvalue weighted by Gasteiger charge is -2.28. The molecular formula is C19H25N5O4. The molecule has 0 atom stereocenters. The van der Waals surface area contributed by atoms with Crippen LogP contribution in [-0.2, 0) is 4.74 Å². The maximum atomic E-state index is 11.4. The molecule has 2 N–H and O–H groups in total. The first-order valence-corrected chi connectivity index (χ1v) is 9.33. The van der Waals surface area contributed by atoms with Crippen molar-refractivity contribution in [2.75, 3.05) is 61.1 Å². The summed E-state index contributed by atoms with van der Waals surface area (Å²) in [7, 11) is 0. The molecule has 2 aromatic rings. The number of hydrogen-bond acceptors (Lipinski definition) is 8. The van der Waals surface area contributed by atoms with Crippen molar-refractivity contribution in [3.05, 3.63) is 46.5 Å². The first-order valence-electron chi connectivity index (χ1n) is 9.33. The van der Waals surface area contributed by atoms with Crippen LogP contribution in [-0.4, -0.2) is 61.0 Å². The summed E-state index contributed by atoms with van der Waals surface area (Å²) in [6.07, 6.45) is 0. The zero-order chi connectivity index (χ0) is 19.9. The fourth-order valence-electron chi connectivity index (χ4n) is 3.13. The number of nitrogens with one attached hydrogen (secondary N) is 1. The summed E-state index contributed by atoms with van der Waals surface area (Å²) in [5.41, 5.74) is 1.71. The van der Waals surface area contributed by atoms with Crippen molar-refractivity contribution in [2.24, 2.45) is 0 Å². The zero-order valence-corrected chi connectivity index (χ0v) is 15.9. The highest BCUT2D eigenvalue weighted by atomic mass is 16.6. The van der Waals surface area contributed by atoms with Gasteiger partial charge in [-0.3, -0.25) is 10.1 Å². The van der Waals surface area contributed by atoms with Crippen molar-refractivity contribution in [1.29, 1.82) is 0 Å². The Hall–Kier alpha value is -2.91. The van der Waals surface area contributed by atoms with Crippen LogP contribution in [0.5, 0.6) is 0 Å². The number of aliphatic hydroxyl groups excluding tert-OH is 1. The molecule has 1 saturated heterocycles. The number of morpholine rings is 1. The third kappa shape index (κ3) is 4.68. The smallest absolute Gasteiger partial charge is 0.311 e. The van der Waals surface area contributed by atoms with Crippen LogP contribution in [0.3, 0.4) is 0 Å². The molecule has 0 saturated carbocycles. The molecule has 9 heteroatoms. The van der Waals surface area contributed by atoms with Crippen molar-refractivity contribution < 1.29 is 14.8 Å². The summed E-state index contributed by atoms with van der Waals surface area (Å²) in [4.78, 5) is 19.5. The molecule has 0 spiro atoms. The molecule has 1 fully saturated rings. The Morgan fingerprint density at radius 3 is 2.57 bits per heavy atom. The van der Waals surface area contributed by atoms with Gasteiger partial charge in [0.05, 0.1) is 24.7 Å². The second-order valence-electron chi connectivity index (χ2n) is 6.37. The Kier molecular flexibility index (Phi) is 6.62. The molecule has 0 amide bonds. The second kappa shape index (κ2) is 9.34. The van der Waals surface area contributed by atoms with Crippen molar-refractivity contribution in [3.8, 4) is 0 Å². The second-order valence-corrected chi connectivity index (χ2v) is 6.37. The van der Waals surface area contributed by atoms with Gasteiger partial charge in [0.15, 0.2) is 0 Å². The number of nitro groups is 1. The van der Waals surface area contributed by atoms with Gasteiger partial charge >= 0.3 is 5.69 Å². The Bertz CT molecular complexity index is 793. The van der Waals surface area contributed by atoms with Gasteiger partial charge in [0.25, 0.3) is 0 Å². The van der Waals surface area contributed by atoms with Gasteiger partial charge in [0.1, 0.15) is 5.82 Å². The van der Waals surface area contributed by atoms with Crippen LogP contribution in [0.4, 0.5) is 28.7 Å². The summed E-state index contributed by atoms with van der Waals surface area (Å²) in [6, 6.07) is 10.8.